The van der Waals surface area contributed by atoms with Crippen LogP contribution in [-0.4, -0.2) is 23.7 Å². The van der Waals surface area contributed by atoms with Gasteiger partial charge in [-0.1, -0.05) is 24.3 Å². The fraction of sp³-hybridized carbons (Fsp3) is 0.133. The van der Waals surface area contributed by atoms with Crippen LogP contribution in [0.25, 0.3) is 0 Å². The molecule has 6 nitrogen and oxygen atoms in total. The second-order valence-corrected chi connectivity index (χ2v) is 4.01. The molecule has 2 rings (SSSR count). The van der Waals surface area contributed by atoms with Gasteiger partial charge in [-0.2, -0.15) is 0 Å². The number of anilines is 2. The number of hydrogen-bond acceptors (Lipinski definition) is 4. The first-order valence-corrected chi connectivity index (χ1v) is 6.46. The van der Waals surface area contributed by atoms with Crippen LogP contribution in [-0.2, 0) is 4.74 Å². The van der Waals surface area contributed by atoms with E-state index in [2.05, 4.69) is 10.3 Å². The number of aromatic nitrogens is 1. The molecule has 1 N–H and O–H groups in total. The van der Waals surface area contributed by atoms with Crippen LogP contribution in [0.3, 0.4) is 0 Å². The van der Waals surface area contributed by atoms with Crippen molar-refractivity contribution in [3.63, 3.8) is 0 Å². The van der Waals surface area contributed by atoms with Crippen molar-refractivity contribution in [1.82, 2.24) is 10.3 Å². The number of alkyl carbamates (subject to hydrolysis) is 1. The minimum atomic E-state index is -0.792. The number of urea groups is 1. The molecule has 21 heavy (non-hydrogen) atoms. The van der Waals surface area contributed by atoms with Crippen molar-refractivity contribution in [1.29, 1.82) is 0 Å². The van der Waals surface area contributed by atoms with Crippen LogP contribution >= 0.6 is 0 Å². The van der Waals surface area contributed by atoms with Gasteiger partial charge in [-0.15, -0.1) is 0 Å². The van der Waals surface area contributed by atoms with E-state index < -0.39 is 12.1 Å². The predicted octanol–water partition coefficient (Wildman–Crippen LogP) is 3.09. The van der Waals surface area contributed by atoms with Crippen LogP contribution < -0.4 is 10.2 Å². The predicted molar refractivity (Wildman–Crippen MR) is 78.4 cm³/mol. The highest BCUT2D eigenvalue weighted by atomic mass is 16.5. The average Bonchev–Trinajstić information content (AvgIpc) is 2.50. The van der Waals surface area contributed by atoms with Gasteiger partial charge in [0, 0.05) is 6.20 Å². The Balaban J connectivity index is 2.29. The molecule has 2 aromatic rings. The van der Waals surface area contributed by atoms with Gasteiger partial charge in [0.05, 0.1) is 12.3 Å². The summed E-state index contributed by atoms with van der Waals surface area (Å²) in [6.07, 6.45) is 0.780. The third-order valence-electron chi connectivity index (χ3n) is 2.58. The topological polar surface area (TPSA) is 71.5 Å². The molecule has 1 aromatic carbocycles. The largest absolute Gasteiger partial charge is 0.450 e. The maximum atomic E-state index is 12.3. The first-order valence-electron chi connectivity index (χ1n) is 6.46. The highest BCUT2D eigenvalue weighted by molar-refractivity contribution is 6.04. The summed E-state index contributed by atoms with van der Waals surface area (Å²) in [6.45, 7) is 1.85. The van der Waals surface area contributed by atoms with E-state index in [0.717, 1.165) is 0 Å². The number of imide groups is 1. The molecule has 108 valence electrons. The molecule has 0 saturated carbocycles. The average molecular weight is 285 g/mol. The Morgan fingerprint density at radius 3 is 2.48 bits per heavy atom. The zero-order chi connectivity index (χ0) is 15.1. The van der Waals surface area contributed by atoms with Crippen molar-refractivity contribution >= 4 is 23.6 Å². The van der Waals surface area contributed by atoms with E-state index in [-0.39, 0.29) is 6.61 Å². The zero-order valence-corrected chi connectivity index (χ0v) is 11.5. The molecule has 6 heteroatoms. The van der Waals surface area contributed by atoms with Gasteiger partial charge in [0.1, 0.15) is 5.82 Å². The number of pyridine rings is 1. The fourth-order valence-corrected chi connectivity index (χ4v) is 1.73. The summed E-state index contributed by atoms with van der Waals surface area (Å²) in [4.78, 5) is 29.2. The molecule has 0 aliphatic carbocycles. The number of para-hydroxylation sites is 1. The Bertz CT molecular complexity index is 563. The Kier molecular flexibility index (Phi) is 4.87. The summed E-state index contributed by atoms with van der Waals surface area (Å²) >= 11 is 0. The van der Waals surface area contributed by atoms with Crippen molar-refractivity contribution < 1.29 is 14.3 Å². The van der Waals surface area contributed by atoms with Crippen molar-refractivity contribution in [3.8, 4) is 0 Å². The van der Waals surface area contributed by atoms with Crippen LogP contribution in [0.2, 0.25) is 0 Å². The lowest BCUT2D eigenvalue weighted by molar-refractivity contribution is 0.153. The third-order valence-corrected chi connectivity index (χ3v) is 2.58. The third kappa shape index (κ3) is 3.79. The van der Waals surface area contributed by atoms with Crippen LogP contribution in [0.15, 0.2) is 54.7 Å². The molecule has 3 amide bonds. The Hall–Kier alpha value is -2.89. The lowest BCUT2D eigenvalue weighted by Crippen LogP contribution is -2.41. The highest BCUT2D eigenvalue weighted by Crippen LogP contribution is 2.22. The van der Waals surface area contributed by atoms with Gasteiger partial charge in [0.2, 0.25) is 0 Å². The summed E-state index contributed by atoms with van der Waals surface area (Å²) in [7, 11) is 0. The van der Waals surface area contributed by atoms with Gasteiger partial charge >= 0.3 is 12.1 Å². The van der Waals surface area contributed by atoms with Gasteiger partial charge in [0.15, 0.2) is 0 Å². The number of ether oxygens (including phenoxy) is 1. The minimum Gasteiger partial charge on any atom is -0.450 e. The van der Waals surface area contributed by atoms with Crippen molar-refractivity contribution in [2.45, 2.75) is 6.92 Å². The quantitative estimate of drug-likeness (QED) is 0.940. The smallest absolute Gasteiger partial charge is 0.415 e. The van der Waals surface area contributed by atoms with Gasteiger partial charge < -0.3 is 4.74 Å². The molecule has 0 atom stereocenters. The molecular formula is C15H15N3O3. The lowest BCUT2D eigenvalue weighted by atomic mass is 10.3. The molecule has 0 saturated heterocycles. The standard InChI is InChI=1S/C15H15N3O3/c1-2-21-15(20)17-14(19)18(12-8-4-3-5-9-12)13-10-6-7-11-16-13/h3-11H,2H2,1H3,(H,17,19,20). The zero-order valence-electron chi connectivity index (χ0n) is 11.5. The number of nitrogens with zero attached hydrogens (tertiary/aromatic N) is 2. The summed E-state index contributed by atoms with van der Waals surface area (Å²) in [5, 5.41) is 2.16. The Morgan fingerprint density at radius 2 is 1.86 bits per heavy atom. The second kappa shape index (κ2) is 7.04. The lowest BCUT2D eigenvalue weighted by Gasteiger charge is -2.21. The van der Waals surface area contributed by atoms with Crippen LogP contribution in [0.5, 0.6) is 0 Å². The number of carbonyl (C=O) groups is 2. The molecule has 0 aliphatic rings. The summed E-state index contributed by atoms with van der Waals surface area (Å²) in [6, 6.07) is 13.5. The first-order chi connectivity index (χ1) is 10.2. The van der Waals surface area contributed by atoms with E-state index in [1.807, 2.05) is 6.07 Å². The molecule has 0 spiro atoms. The maximum Gasteiger partial charge on any atom is 0.415 e. The maximum absolute atomic E-state index is 12.3. The molecule has 1 aromatic heterocycles. The number of nitrogens with one attached hydrogen (secondary N) is 1. The highest BCUT2D eigenvalue weighted by Gasteiger charge is 2.21. The van der Waals surface area contributed by atoms with E-state index in [0.29, 0.717) is 11.5 Å². The minimum absolute atomic E-state index is 0.189. The van der Waals surface area contributed by atoms with Crippen LogP contribution in [0.4, 0.5) is 21.1 Å². The second-order valence-electron chi connectivity index (χ2n) is 4.01. The molecule has 1 heterocycles. The molecular weight excluding hydrogens is 270 g/mol. The van der Waals surface area contributed by atoms with Gasteiger partial charge in [0.25, 0.3) is 0 Å². The molecule has 0 unspecified atom stereocenters. The number of benzene rings is 1. The van der Waals surface area contributed by atoms with Crippen molar-refractivity contribution in [2.24, 2.45) is 0 Å². The van der Waals surface area contributed by atoms with E-state index in [9.17, 15) is 9.59 Å². The van der Waals surface area contributed by atoms with Gasteiger partial charge in [-0.3, -0.25) is 0 Å². The van der Waals surface area contributed by atoms with E-state index >= 15 is 0 Å². The van der Waals surface area contributed by atoms with Crippen molar-refractivity contribution in [3.05, 3.63) is 54.7 Å². The van der Waals surface area contributed by atoms with E-state index in [1.165, 1.54) is 4.90 Å². The normalized spacial score (nSPS) is 9.76. The molecule has 0 aliphatic heterocycles. The van der Waals surface area contributed by atoms with Crippen LogP contribution in [0, 0.1) is 0 Å². The molecule has 0 fully saturated rings. The van der Waals surface area contributed by atoms with Crippen molar-refractivity contribution in [2.75, 3.05) is 11.5 Å². The van der Waals surface area contributed by atoms with E-state index in [4.69, 9.17) is 4.74 Å². The number of carbonyl (C=O) groups excluding carboxylic acids is 2. The summed E-state index contributed by atoms with van der Waals surface area (Å²) < 4.78 is 4.72. The summed E-state index contributed by atoms with van der Waals surface area (Å²) in [5.41, 5.74) is 0.595. The number of rotatable bonds is 3. The Labute approximate surface area is 122 Å². The number of hydrogen-bond donors (Lipinski definition) is 1. The Morgan fingerprint density at radius 1 is 1.14 bits per heavy atom. The molecule has 0 bridgehead atoms. The molecule has 0 radical (unpaired) electrons. The summed E-state index contributed by atoms with van der Waals surface area (Å²) in [5.74, 6) is 0.408. The van der Waals surface area contributed by atoms with Crippen LogP contribution in [0.1, 0.15) is 6.92 Å². The number of amides is 3. The monoisotopic (exact) mass is 285 g/mol. The SMILES string of the molecule is CCOC(=O)NC(=O)N(c1ccccc1)c1ccccn1. The van der Waals surface area contributed by atoms with Gasteiger partial charge in [-0.05, 0) is 31.2 Å². The van der Waals surface area contributed by atoms with Gasteiger partial charge in [-0.25, -0.2) is 24.8 Å². The fourth-order valence-electron chi connectivity index (χ4n) is 1.73. The van der Waals surface area contributed by atoms with E-state index in [1.54, 1.807) is 55.6 Å². The first kappa shape index (κ1) is 14.5.